The van der Waals surface area contributed by atoms with Crippen LogP contribution in [0.4, 0.5) is 0 Å². The molecule has 124 valence electrons. The number of hydrogen-bond acceptors (Lipinski definition) is 4. The van der Waals surface area contributed by atoms with E-state index in [0.717, 1.165) is 11.3 Å². The van der Waals surface area contributed by atoms with E-state index in [2.05, 4.69) is 43.1 Å². The van der Waals surface area contributed by atoms with Gasteiger partial charge < -0.3 is 9.15 Å². The van der Waals surface area contributed by atoms with Crippen LogP contribution >= 0.6 is 0 Å². The highest BCUT2D eigenvalue weighted by Crippen LogP contribution is 2.28. The van der Waals surface area contributed by atoms with Crippen LogP contribution in [-0.2, 0) is 6.61 Å². The van der Waals surface area contributed by atoms with Gasteiger partial charge in [0, 0.05) is 5.56 Å². The fraction of sp³-hybridized carbons (Fsp3) is 0.300. The van der Waals surface area contributed by atoms with E-state index in [4.69, 9.17) is 9.15 Å². The second-order valence-electron chi connectivity index (χ2n) is 6.35. The van der Waals surface area contributed by atoms with Gasteiger partial charge in [0.25, 0.3) is 5.89 Å². The molecule has 0 aliphatic heterocycles. The minimum atomic E-state index is 0.266. The molecule has 1 aromatic heterocycles. The zero-order chi connectivity index (χ0) is 17.1. The molecular weight excluding hydrogens is 300 g/mol. The average Bonchev–Trinajstić information content (AvgIpc) is 3.02. The number of rotatable bonds is 5. The highest BCUT2D eigenvalue weighted by Gasteiger charge is 2.12. The fourth-order valence-electron chi connectivity index (χ4n) is 2.51. The van der Waals surface area contributed by atoms with Crippen LogP contribution in [-0.4, -0.2) is 10.2 Å². The number of benzene rings is 2. The predicted molar refractivity (Wildman–Crippen MR) is 94.1 cm³/mol. The highest BCUT2D eigenvalue weighted by molar-refractivity contribution is 5.52. The number of nitrogens with zero attached hydrogens (tertiary/aromatic N) is 2. The first-order valence-corrected chi connectivity index (χ1v) is 8.15. The van der Waals surface area contributed by atoms with Crippen molar-refractivity contribution in [3.63, 3.8) is 0 Å². The Morgan fingerprint density at radius 1 is 0.958 bits per heavy atom. The SMILES string of the molecule is Cc1ccc(-c2nnc(COc3cc(C)ccc3C(C)C)o2)cc1. The van der Waals surface area contributed by atoms with E-state index in [1.807, 2.05) is 37.3 Å². The third-order valence-electron chi connectivity index (χ3n) is 3.91. The van der Waals surface area contributed by atoms with Crippen molar-refractivity contribution < 1.29 is 9.15 Å². The summed E-state index contributed by atoms with van der Waals surface area (Å²) in [6, 6.07) is 14.3. The van der Waals surface area contributed by atoms with Crippen molar-refractivity contribution in [3.05, 3.63) is 65.0 Å². The Kier molecular flexibility index (Phi) is 4.65. The third kappa shape index (κ3) is 3.65. The number of aromatic nitrogens is 2. The van der Waals surface area contributed by atoms with Crippen molar-refractivity contribution in [2.45, 2.75) is 40.2 Å². The molecular formula is C20H22N2O2. The number of ether oxygens (including phenoxy) is 1. The monoisotopic (exact) mass is 322 g/mol. The maximum absolute atomic E-state index is 5.94. The summed E-state index contributed by atoms with van der Waals surface area (Å²) in [5.74, 6) is 2.26. The fourth-order valence-corrected chi connectivity index (χ4v) is 2.51. The van der Waals surface area contributed by atoms with Crippen LogP contribution in [0.15, 0.2) is 46.9 Å². The van der Waals surface area contributed by atoms with E-state index in [-0.39, 0.29) is 6.61 Å². The molecule has 0 bridgehead atoms. The predicted octanol–water partition coefficient (Wildman–Crippen LogP) is 5.06. The Morgan fingerprint density at radius 2 is 1.67 bits per heavy atom. The summed E-state index contributed by atoms with van der Waals surface area (Å²) in [4.78, 5) is 0. The Balaban J connectivity index is 1.74. The van der Waals surface area contributed by atoms with Gasteiger partial charge in [-0.05, 0) is 49.1 Å². The van der Waals surface area contributed by atoms with Crippen molar-refractivity contribution in [2.24, 2.45) is 0 Å². The lowest BCUT2D eigenvalue weighted by molar-refractivity contribution is 0.261. The molecule has 2 aromatic carbocycles. The normalized spacial score (nSPS) is 11.0. The van der Waals surface area contributed by atoms with Gasteiger partial charge in [-0.15, -0.1) is 10.2 Å². The smallest absolute Gasteiger partial charge is 0.254 e. The molecule has 3 rings (SSSR count). The zero-order valence-electron chi connectivity index (χ0n) is 14.5. The molecule has 0 aliphatic carbocycles. The Morgan fingerprint density at radius 3 is 2.38 bits per heavy atom. The van der Waals surface area contributed by atoms with Crippen LogP contribution in [0.25, 0.3) is 11.5 Å². The summed E-state index contributed by atoms with van der Waals surface area (Å²) in [5, 5.41) is 8.19. The van der Waals surface area contributed by atoms with Gasteiger partial charge in [0.2, 0.25) is 5.89 Å². The topological polar surface area (TPSA) is 48.2 Å². The van der Waals surface area contributed by atoms with Gasteiger partial charge in [-0.1, -0.05) is 43.7 Å². The Hall–Kier alpha value is -2.62. The summed E-state index contributed by atoms with van der Waals surface area (Å²) in [7, 11) is 0. The minimum absolute atomic E-state index is 0.266. The van der Waals surface area contributed by atoms with E-state index in [9.17, 15) is 0 Å². The quantitative estimate of drug-likeness (QED) is 0.659. The minimum Gasteiger partial charge on any atom is -0.484 e. The van der Waals surface area contributed by atoms with Gasteiger partial charge in [-0.2, -0.15) is 0 Å². The number of hydrogen-bond donors (Lipinski definition) is 0. The molecule has 1 heterocycles. The van der Waals surface area contributed by atoms with Crippen LogP contribution in [0, 0.1) is 13.8 Å². The largest absolute Gasteiger partial charge is 0.484 e. The van der Waals surface area contributed by atoms with Crippen LogP contribution in [0.3, 0.4) is 0 Å². The molecule has 0 fully saturated rings. The summed E-state index contributed by atoms with van der Waals surface area (Å²) >= 11 is 0. The average molecular weight is 322 g/mol. The molecule has 0 N–H and O–H groups in total. The molecule has 0 atom stereocenters. The maximum Gasteiger partial charge on any atom is 0.254 e. The van der Waals surface area contributed by atoms with Gasteiger partial charge in [0.05, 0.1) is 0 Å². The van der Waals surface area contributed by atoms with Crippen LogP contribution in [0.1, 0.15) is 42.3 Å². The molecule has 0 saturated carbocycles. The van der Waals surface area contributed by atoms with Gasteiger partial charge in [0.1, 0.15) is 5.75 Å². The first kappa shape index (κ1) is 16.2. The second kappa shape index (κ2) is 6.87. The van der Waals surface area contributed by atoms with Gasteiger partial charge in [-0.25, -0.2) is 0 Å². The van der Waals surface area contributed by atoms with Crippen LogP contribution in [0.2, 0.25) is 0 Å². The molecule has 0 unspecified atom stereocenters. The highest BCUT2D eigenvalue weighted by atomic mass is 16.5. The van der Waals surface area contributed by atoms with E-state index in [1.165, 1.54) is 16.7 Å². The molecule has 3 aromatic rings. The Bertz CT molecular complexity index is 820. The Labute approximate surface area is 142 Å². The molecule has 0 radical (unpaired) electrons. The van der Waals surface area contributed by atoms with E-state index < -0.39 is 0 Å². The van der Waals surface area contributed by atoms with E-state index >= 15 is 0 Å². The lowest BCUT2D eigenvalue weighted by Gasteiger charge is -2.13. The van der Waals surface area contributed by atoms with Crippen LogP contribution < -0.4 is 4.74 Å². The van der Waals surface area contributed by atoms with Crippen molar-refractivity contribution in [2.75, 3.05) is 0 Å². The molecule has 0 saturated heterocycles. The standard InChI is InChI=1S/C20H22N2O2/c1-13(2)17-10-7-15(4)11-18(17)23-12-19-21-22-20(24-19)16-8-5-14(3)6-9-16/h5-11,13H,12H2,1-4H3. The summed E-state index contributed by atoms with van der Waals surface area (Å²) in [6.45, 7) is 8.67. The first-order valence-electron chi connectivity index (χ1n) is 8.15. The van der Waals surface area contributed by atoms with Crippen molar-refractivity contribution in [3.8, 4) is 17.2 Å². The van der Waals surface area contributed by atoms with Crippen molar-refractivity contribution in [1.82, 2.24) is 10.2 Å². The van der Waals surface area contributed by atoms with Gasteiger partial charge >= 0.3 is 0 Å². The maximum atomic E-state index is 5.94. The first-order chi connectivity index (χ1) is 11.5. The van der Waals surface area contributed by atoms with Crippen molar-refractivity contribution >= 4 is 0 Å². The zero-order valence-corrected chi connectivity index (χ0v) is 14.5. The third-order valence-corrected chi connectivity index (χ3v) is 3.91. The molecule has 24 heavy (non-hydrogen) atoms. The van der Waals surface area contributed by atoms with Gasteiger partial charge in [-0.3, -0.25) is 0 Å². The molecule has 0 aliphatic rings. The number of aryl methyl sites for hydroxylation is 2. The van der Waals surface area contributed by atoms with E-state index in [1.54, 1.807) is 0 Å². The van der Waals surface area contributed by atoms with Gasteiger partial charge in [0.15, 0.2) is 6.61 Å². The molecule has 0 spiro atoms. The van der Waals surface area contributed by atoms with E-state index in [0.29, 0.717) is 17.7 Å². The summed E-state index contributed by atoms with van der Waals surface area (Å²) in [5.41, 5.74) is 4.46. The molecule has 4 heteroatoms. The second-order valence-corrected chi connectivity index (χ2v) is 6.35. The van der Waals surface area contributed by atoms with Crippen LogP contribution in [0.5, 0.6) is 5.75 Å². The summed E-state index contributed by atoms with van der Waals surface area (Å²) in [6.07, 6.45) is 0. The lowest BCUT2D eigenvalue weighted by Crippen LogP contribution is -2.00. The van der Waals surface area contributed by atoms with Crippen molar-refractivity contribution in [1.29, 1.82) is 0 Å². The molecule has 0 amide bonds. The summed E-state index contributed by atoms with van der Waals surface area (Å²) < 4.78 is 11.7. The molecule has 4 nitrogen and oxygen atoms in total. The lowest BCUT2D eigenvalue weighted by atomic mass is 10.0.